The summed E-state index contributed by atoms with van der Waals surface area (Å²) in [5.74, 6) is 2.68. The summed E-state index contributed by atoms with van der Waals surface area (Å²) in [6.45, 7) is 22.5. The molecule has 3 heteroatoms. The zero-order valence-electron chi connectivity index (χ0n) is 23.5. The molecule has 0 amide bonds. The Morgan fingerprint density at radius 1 is 0.486 bits per heavy atom. The Morgan fingerprint density at radius 3 is 1.09 bits per heavy atom. The van der Waals surface area contributed by atoms with E-state index in [9.17, 15) is 0 Å². The van der Waals surface area contributed by atoms with E-state index in [1.807, 2.05) is 0 Å². The third kappa shape index (κ3) is 6.84. The van der Waals surface area contributed by atoms with Gasteiger partial charge in [0.1, 0.15) is 0 Å². The first-order valence-electron chi connectivity index (χ1n) is 13.0. The van der Waals surface area contributed by atoms with Crippen molar-refractivity contribution in [2.24, 2.45) is 0 Å². The minimum absolute atomic E-state index is 0.246. The first-order chi connectivity index (χ1) is 16.3. The van der Waals surface area contributed by atoms with E-state index in [1.165, 1.54) is 11.8 Å². The summed E-state index contributed by atoms with van der Waals surface area (Å²) in [5, 5.41) is 5.53. The standard InChI is InChI=1S/C32H47P3/c1-30(2,3)33(27-19-13-10-14-20-27)25-35(32(7,8)9,29-23-17-12-18-24-29)26-34(31(4,5)6)28-21-15-11-16-22-28/h10-24,35H,25-26H2,1-9H3. The Balaban J connectivity index is 2.26. The average molecular weight is 525 g/mol. The van der Waals surface area contributed by atoms with Gasteiger partial charge in [0.15, 0.2) is 0 Å². The van der Waals surface area contributed by atoms with Crippen LogP contribution in [-0.2, 0) is 0 Å². The Labute approximate surface area is 219 Å². The monoisotopic (exact) mass is 524 g/mol. The molecule has 0 spiro atoms. The van der Waals surface area contributed by atoms with Gasteiger partial charge in [0.25, 0.3) is 0 Å². The van der Waals surface area contributed by atoms with Crippen LogP contribution in [0, 0.1) is 0 Å². The number of rotatable bonds is 7. The summed E-state index contributed by atoms with van der Waals surface area (Å²) in [4.78, 5) is 0. The molecule has 0 aliphatic carbocycles. The van der Waals surface area contributed by atoms with Gasteiger partial charge in [-0.05, 0) is 0 Å². The van der Waals surface area contributed by atoms with E-state index in [0.29, 0.717) is 0 Å². The zero-order chi connectivity index (χ0) is 25.9. The molecule has 0 aliphatic heterocycles. The van der Waals surface area contributed by atoms with Crippen LogP contribution in [0.3, 0.4) is 0 Å². The van der Waals surface area contributed by atoms with Crippen molar-refractivity contribution in [1.82, 2.24) is 0 Å². The van der Waals surface area contributed by atoms with Crippen LogP contribution in [0.4, 0.5) is 0 Å². The molecule has 2 atom stereocenters. The van der Waals surface area contributed by atoms with E-state index in [-0.39, 0.29) is 31.3 Å². The summed E-state index contributed by atoms with van der Waals surface area (Å²) < 4.78 is 0. The van der Waals surface area contributed by atoms with Crippen molar-refractivity contribution in [2.45, 2.75) is 77.8 Å². The van der Waals surface area contributed by atoms with Crippen LogP contribution in [0.5, 0.6) is 0 Å². The van der Waals surface area contributed by atoms with Crippen LogP contribution in [0.2, 0.25) is 0 Å². The molecule has 0 N–H and O–H groups in total. The minimum atomic E-state index is -2.03. The van der Waals surface area contributed by atoms with E-state index in [2.05, 4.69) is 153 Å². The predicted octanol–water partition coefficient (Wildman–Crippen LogP) is 8.99. The van der Waals surface area contributed by atoms with Crippen molar-refractivity contribution in [2.75, 3.05) is 11.8 Å². The van der Waals surface area contributed by atoms with Crippen molar-refractivity contribution >= 4 is 39.0 Å². The Bertz CT molecular complexity index is 980. The van der Waals surface area contributed by atoms with Crippen molar-refractivity contribution in [3.05, 3.63) is 91.0 Å². The normalized spacial score (nSPS) is 15.5. The summed E-state index contributed by atoms with van der Waals surface area (Å²) in [6, 6.07) is 34.6. The molecule has 0 saturated carbocycles. The Hall–Kier alpha value is -1.05. The second-order valence-corrected chi connectivity index (χ2v) is 25.1. The molecular weight excluding hydrogens is 477 g/mol. The van der Waals surface area contributed by atoms with Crippen molar-refractivity contribution in [3.63, 3.8) is 0 Å². The van der Waals surface area contributed by atoms with Crippen LogP contribution in [0.25, 0.3) is 0 Å². The van der Waals surface area contributed by atoms with E-state index in [4.69, 9.17) is 0 Å². The molecule has 3 aromatic carbocycles. The number of hydrogen-bond acceptors (Lipinski definition) is 0. The SMILES string of the molecule is CC(C)(C)P(C[PH](CP(c1ccccc1)C(C)(C)C)(c1ccccc1)C(C)(C)C)c1ccccc1. The van der Waals surface area contributed by atoms with Crippen LogP contribution >= 0.6 is 23.1 Å². The second kappa shape index (κ2) is 11.1. The van der Waals surface area contributed by atoms with E-state index < -0.39 is 7.26 Å². The molecule has 0 saturated heterocycles. The summed E-state index contributed by atoms with van der Waals surface area (Å²) in [5.41, 5.74) is 0. The van der Waals surface area contributed by atoms with E-state index in [1.54, 1.807) is 15.9 Å². The molecule has 0 heterocycles. The molecule has 3 aromatic rings. The molecule has 2 unspecified atom stereocenters. The van der Waals surface area contributed by atoms with Gasteiger partial charge in [-0.25, -0.2) is 0 Å². The first-order valence-corrected chi connectivity index (χ1v) is 18.4. The molecule has 3 rings (SSSR count). The Kier molecular flexibility index (Phi) is 9.08. The van der Waals surface area contributed by atoms with Gasteiger partial charge < -0.3 is 0 Å². The fourth-order valence-corrected chi connectivity index (χ4v) is 25.5. The second-order valence-electron chi connectivity index (χ2n) is 12.9. The van der Waals surface area contributed by atoms with Crippen molar-refractivity contribution in [1.29, 1.82) is 0 Å². The molecular formula is C32H47P3. The van der Waals surface area contributed by atoms with E-state index in [0.717, 1.165) is 0 Å². The van der Waals surface area contributed by atoms with Gasteiger partial charge in [-0.15, -0.1) is 0 Å². The number of hydrogen-bond donors (Lipinski definition) is 0. The fraction of sp³-hybridized carbons (Fsp3) is 0.438. The van der Waals surface area contributed by atoms with Crippen molar-refractivity contribution < 1.29 is 0 Å². The van der Waals surface area contributed by atoms with Crippen LogP contribution < -0.4 is 15.9 Å². The zero-order valence-corrected chi connectivity index (χ0v) is 26.3. The third-order valence-corrected chi connectivity index (χ3v) is 23.6. The molecule has 0 aliphatic rings. The summed E-state index contributed by atoms with van der Waals surface area (Å²) in [6.07, 6.45) is 0. The molecule has 190 valence electrons. The summed E-state index contributed by atoms with van der Waals surface area (Å²) in [7, 11) is -2.70. The van der Waals surface area contributed by atoms with Gasteiger partial charge in [0.05, 0.1) is 0 Å². The van der Waals surface area contributed by atoms with Gasteiger partial charge in [-0.2, -0.15) is 0 Å². The van der Waals surface area contributed by atoms with Crippen LogP contribution in [-0.4, -0.2) is 27.3 Å². The van der Waals surface area contributed by atoms with Crippen molar-refractivity contribution in [3.8, 4) is 0 Å². The predicted molar refractivity (Wildman–Crippen MR) is 169 cm³/mol. The first kappa shape index (κ1) is 28.5. The molecule has 0 fully saturated rings. The maximum atomic E-state index is 2.55. The number of benzene rings is 3. The topological polar surface area (TPSA) is 0 Å². The van der Waals surface area contributed by atoms with Gasteiger partial charge in [0.2, 0.25) is 0 Å². The van der Waals surface area contributed by atoms with E-state index >= 15 is 0 Å². The summed E-state index contributed by atoms with van der Waals surface area (Å²) >= 11 is 0. The van der Waals surface area contributed by atoms with Gasteiger partial charge in [0, 0.05) is 0 Å². The van der Waals surface area contributed by atoms with Crippen LogP contribution in [0.1, 0.15) is 62.3 Å². The van der Waals surface area contributed by atoms with Gasteiger partial charge in [-0.1, -0.05) is 0 Å². The third-order valence-electron chi connectivity index (χ3n) is 7.37. The molecule has 35 heavy (non-hydrogen) atoms. The quantitative estimate of drug-likeness (QED) is 0.271. The maximum absolute atomic E-state index is 2.55. The Morgan fingerprint density at radius 2 is 0.800 bits per heavy atom. The molecule has 0 nitrogen and oxygen atoms in total. The van der Waals surface area contributed by atoms with Gasteiger partial charge in [-0.3, -0.25) is 0 Å². The average Bonchev–Trinajstić information content (AvgIpc) is 2.78. The molecule has 0 bridgehead atoms. The molecule has 0 radical (unpaired) electrons. The van der Waals surface area contributed by atoms with Crippen LogP contribution in [0.15, 0.2) is 91.0 Å². The molecule has 0 aromatic heterocycles. The fourth-order valence-electron chi connectivity index (χ4n) is 5.08. The van der Waals surface area contributed by atoms with Gasteiger partial charge >= 0.3 is 220 Å².